The zero-order valence-electron chi connectivity index (χ0n) is 13.4. The van der Waals surface area contributed by atoms with Crippen LogP contribution in [0.25, 0.3) is 0 Å². The standard InChI is InChI=1S/C18H22N2O3/c1-12(2)23-17-8-6-13(10-16(17)19)7-9-18(22)20-14-4-3-5-15(21)11-14/h3-6,8,10-12,21H,7,9,19H2,1-2H3,(H,20,22). The number of phenolic OH excluding ortho intramolecular Hbond substituents is 1. The van der Waals surface area contributed by atoms with Crippen molar-refractivity contribution in [2.24, 2.45) is 0 Å². The monoisotopic (exact) mass is 314 g/mol. The average molecular weight is 314 g/mol. The molecule has 23 heavy (non-hydrogen) atoms. The Balaban J connectivity index is 1.90. The fourth-order valence-corrected chi connectivity index (χ4v) is 2.18. The maximum atomic E-state index is 11.9. The summed E-state index contributed by atoms with van der Waals surface area (Å²) in [6.45, 7) is 3.89. The van der Waals surface area contributed by atoms with Crippen LogP contribution in [0.2, 0.25) is 0 Å². The van der Waals surface area contributed by atoms with Crippen LogP contribution in [0.5, 0.6) is 11.5 Å². The van der Waals surface area contributed by atoms with Crippen molar-refractivity contribution in [3.8, 4) is 11.5 Å². The van der Waals surface area contributed by atoms with Gasteiger partial charge in [-0.05, 0) is 50.1 Å². The van der Waals surface area contributed by atoms with Crippen LogP contribution in [0.1, 0.15) is 25.8 Å². The van der Waals surface area contributed by atoms with Gasteiger partial charge < -0.3 is 20.9 Å². The fourth-order valence-electron chi connectivity index (χ4n) is 2.18. The van der Waals surface area contributed by atoms with E-state index in [1.165, 1.54) is 6.07 Å². The predicted molar refractivity (Wildman–Crippen MR) is 91.7 cm³/mol. The Morgan fingerprint density at radius 3 is 2.70 bits per heavy atom. The quantitative estimate of drug-likeness (QED) is 0.714. The second-order valence-electron chi connectivity index (χ2n) is 5.64. The van der Waals surface area contributed by atoms with Gasteiger partial charge in [-0.1, -0.05) is 12.1 Å². The minimum absolute atomic E-state index is 0.0659. The molecule has 5 nitrogen and oxygen atoms in total. The first-order valence-electron chi connectivity index (χ1n) is 7.58. The number of anilines is 2. The number of phenols is 1. The van der Waals surface area contributed by atoms with Crippen LogP contribution < -0.4 is 15.8 Å². The van der Waals surface area contributed by atoms with E-state index in [9.17, 15) is 9.90 Å². The Kier molecular flexibility index (Phi) is 5.46. The molecule has 0 saturated heterocycles. The Morgan fingerprint density at radius 2 is 2.04 bits per heavy atom. The highest BCUT2D eigenvalue weighted by Gasteiger charge is 2.07. The average Bonchev–Trinajstić information content (AvgIpc) is 2.47. The summed E-state index contributed by atoms with van der Waals surface area (Å²) in [7, 11) is 0. The second kappa shape index (κ2) is 7.54. The molecule has 0 bridgehead atoms. The summed E-state index contributed by atoms with van der Waals surface area (Å²) in [5, 5.41) is 12.1. The van der Waals surface area contributed by atoms with Gasteiger partial charge in [0.05, 0.1) is 11.8 Å². The minimum atomic E-state index is -0.114. The van der Waals surface area contributed by atoms with Gasteiger partial charge in [0.15, 0.2) is 0 Å². The lowest BCUT2D eigenvalue weighted by Crippen LogP contribution is -2.12. The lowest BCUT2D eigenvalue weighted by atomic mass is 10.1. The smallest absolute Gasteiger partial charge is 0.224 e. The largest absolute Gasteiger partial charge is 0.508 e. The van der Waals surface area contributed by atoms with Crippen LogP contribution >= 0.6 is 0 Å². The first kappa shape index (κ1) is 16.7. The first-order valence-corrected chi connectivity index (χ1v) is 7.58. The topological polar surface area (TPSA) is 84.6 Å². The van der Waals surface area contributed by atoms with Gasteiger partial charge in [0.25, 0.3) is 0 Å². The molecule has 0 fully saturated rings. The van der Waals surface area contributed by atoms with Crippen LogP contribution in [0, 0.1) is 0 Å². The SMILES string of the molecule is CC(C)Oc1ccc(CCC(=O)Nc2cccc(O)c2)cc1N. The third-order valence-corrected chi connectivity index (χ3v) is 3.21. The highest BCUT2D eigenvalue weighted by Crippen LogP contribution is 2.24. The maximum Gasteiger partial charge on any atom is 0.224 e. The molecule has 0 saturated carbocycles. The summed E-state index contributed by atoms with van der Waals surface area (Å²) in [5.74, 6) is 0.668. The third kappa shape index (κ3) is 5.21. The molecule has 0 aliphatic rings. The molecule has 2 aromatic carbocycles. The minimum Gasteiger partial charge on any atom is -0.508 e. The second-order valence-corrected chi connectivity index (χ2v) is 5.64. The Labute approximate surface area is 136 Å². The number of ether oxygens (including phenoxy) is 1. The number of carbonyl (C=O) groups is 1. The van der Waals surface area contributed by atoms with Crippen molar-refractivity contribution in [3.63, 3.8) is 0 Å². The van der Waals surface area contributed by atoms with Crippen LogP contribution in [-0.2, 0) is 11.2 Å². The van der Waals surface area contributed by atoms with Crippen LogP contribution in [0.15, 0.2) is 42.5 Å². The van der Waals surface area contributed by atoms with E-state index in [0.717, 1.165) is 5.56 Å². The summed E-state index contributed by atoms with van der Waals surface area (Å²) < 4.78 is 5.59. The van der Waals surface area contributed by atoms with Gasteiger partial charge in [-0.2, -0.15) is 0 Å². The molecule has 4 N–H and O–H groups in total. The molecular weight excluding hydrogens is 292 g/mol. The third-order valence-electron chi connectivity index (χ3n) is 3.21. The van der Waals surface area contributed by atoms with Crippen LogP contribution in [-0.4, -0.2) is 17.1 Å². The van der Waals surface area contributed by atoms with Gasteiger partial charge in [0.1, 0.15) is 11.5 Å². The zero-order valence-corrected chi connectivity index (χ0v) is 13.4. The number of aryl methyl sites for hydroxylation is 1. The van der Waals surface area contributed by atoms with Crippen molar-refractivity contribution in [1.82, 2.24) is 0 Å². The summed E-state index contributed by atoms with van der Waals surface area (Å²) in [5.41, 5.74) is 8.09. The number of carbonyl (C=O) groups excluding carboxylic acids is 1. The van der Waals surface area contributed by atoms with Crippen LogP contribution in [0.3, 0.4) is 0 Å². The molecule has 0 atom stereocenters. The Bertz CT molecular complexity index is 684. The van der Waals surface area contributed by atoms with Crippen molar-refractivity contribution in [2.45, 2.75) is 32.8 Å². The molecule has 0 radical (unpaired) electrons. The van der Waals surface area contributed by atoms with Crippen molar-refractivity contribution in [3.05, 3.63) is 48.0 Å². The number of amides is 1. The molecule has 122 valence electrons. The molecule has 0 aliphatic heterocycles. The molecule has 0 unspecified atom stereocenters. The highest BCUT2D eigenvalue weighted by molar-refractivity contribution is 5.91. The van der Waals surface area contributed by atoms with E-state index >= 15 is 0 Å². The molecule has 0 spiro atoms. The summed E-state index contributed by atoms with van der Waals surface area (Å²) in [6.07, 6.45) is 0.979. The van der Waals surface area contributed by atoms with Crippen molar-refractivity contribution in [1.29, 1.82) is 0 Å². The number of nitrogens with two attached hydrogens (primary N) is 1. The van der Waals surface area contributed by atoms with E-state index in [-0.39, 0.29) is 17.8 Å². The molecule has 0 heterocycles. The number of rotatable bonds is 6. The van der Waals surface area contributed by atoms with Gasteiger partial charge in [0.2, 0.25) is 5.91 Å². The number of hydrogen-bond acceptors (Lipinski definition) is 4. The number of nitrogen functional groups attached to an aromatic ring is 1. The molecule has 0 aliphatic carbocycles. The highest BCUT2D eigenvalue weighted by atomic mass is 16.5. The first-order chi connectivity index (χ1) is 10.9. The normalized spacial score (nSPS) is 10.6. The number of benzene rings is 2. The van der Waals surface area contributed by atoms with Crippen LogP contribution in [0.4, 0.5) is 11.4 Å². The number of aromatic hydroxyl groups is 1. The Hall–Kier alpha value is -2.69. The van der Waals surface area contributed by atoms with Gasteiger partial charge in [-0.3, -0.25) is 4.79 Å². The molecule has 1 amide bonds. The van der Waals surface area contributed by atoms with Crippen molar-refractivity contribution < 1.29 is 14.6 Å². The zero-order chi connectivity index (χ0) is 16.8. The Morgan fingerprint density at radius 1 is 1.26 bits per heavy atom. The van der Waals surface area contributed by atoms with E-state index in [4.69, 9.17) is 10.5 Å². The fraction of sp³-hybridized carbons (Fsp3) is 0.278. The molecule has 0 aromatic heterocycles. The summed E-state index contributed by atoms with van der Waals surface area (Å²) in [4.78, 5) is 11.9. The van der Waals surface area contributed by atoms with Crippen molar-refractivity contribution in [2.75, 3.05) is 11.1 Å². The maximum absolute atomic E-state index is 11.9. The molecule has 5 heteroatoms. The van der Waals surface area contributed by atoms with Gasteiger partial charge in [-0.15, -0.1) is 0 Å². The molecule has 2 rings (SSSR count). The van der Waals surface area contributed by atoms with Crippen molar-refractivity contribution >= 4 is 17.3 Å². The number of hydrogen-bond donors (Lipinski definition) is 3. The van der Waals surface area contributed by atoms with Gasteiger partial charge in [0, 0.05) is 18.2 Å². The van der Waals surface area contributed by atoms with E-state index in [2.05, 4.69) is 5.32 Å². The van der Waals surface area contributed by atoms with E-state index < -0.39 is 0 Å². The van der Waals surface area contributed by atoms with Gasteiger partial charge in [-0.25, -0.2) is 0 Å². The summed E-state index contributed by atoms with van der Waals surface area (Å²) in [6, 6.07) is 12.0. The molecular formula is C18H22N2O3. The van der Waals surface area contributed by atoms with E-state index in [0.29, 0.717) is 30.0 Å². The lowest BCUT2D eigenvalue weighted by molar-refractivity contribution is -0.116. The predicted octanol–water partition coefficient (Wildman–Crippen LogP) is 3.33. The van der Waals surface area contributed by atoms with E-state index in [1.807, 2.05) is 32.0 Å². The van der Waals surface area contributed by atoms with Gasteiger partial charge >= 0.3 is 0 Å². The number of nitrogens with one attached hydrogen (secondary N) is 1. The summed E-state index contributed by atoms with van der Waals surface area (Å²) >= 11 is 0. The van der Waals surface area contributed by atoms with E-state index in [1.54, 1.807) is 18.2 Å². The lowest BCUT2D eigenvalue weighted by Gasteiger charge is -2.13. The molecule has 2 aromatic rings.